The standard InChI is InChI=1S/C10H11FINO/c11-8-2-1-3-9(10(8)12)13-7-4-5-14-6-7/h1-3,7,13H,4-6H2. The summed E-state index contributed by atoms with van der Waals surface area (Å²) in [6.45, 7) is 1.51. The van der Waals surface area contributed by atoms with Crippen LogP contribution in [0.15, 0.2) is 18.2 Å². The third-order valence-electron chi connectivity index (χ3n) is 2.24. The highest BCUT2D eigenvalue weighted by Gasteiger charge is 2.16. The molecular weight excluding hydrogens is 296 g/mol. The number of hydrogen-bond donors (Lipinski definition) is 1. The first-order valence-corrected chi connectivity index (χ1v) is 5.63. The Balaban J connectivity index is 2.11. The summed E-state index contributed by atoms with van der Waals surface area (Å²) in [5.74, 6) is -0.172. The van der Waals surface area contributed by atoms with Gasteiger partial charge in [-0.1, -0.05) is 6.07 Å². The monoisotopic (exact) mass is 307 g/mol. The van der Waals surface area contributed by atoms with Gasteiger partial charge in [0.05, 0.1) is 21.9 Å². The largest absolute Gasteiger partial charge is 0.379 e. The summed E-state index contributed by atoms with van der Waals surface area (Å²) in [5.41, 5.74) is 0.862. The fourth-order valence-corrected chi connectivity index (χ4v) is 2.00. The van der Waals surface area contributed by atoms with E-state index in [1.807, 2.05) is 28.7 Å². The van der Waals surface area contributed by atoms with Crippen molar-refractivity contribution in [3.05, 3.63) is 27.6 Å². The first-order valence-electron chi connectivity index (χ1n) is 4.55. The summed E-state index contributed by atoms with van der Waals surface area (Å²) in [4.78, 5) is 0. The lowest BCUT2D eigenvalue weighted by molar-refractivity contribution is 0.195. The fraction of sp³-hybridized carbons (Fsp3) is 0.400. The van der Waals surface area contributed by atoms with Gasteiger partial charge in [0.2, 0.25) is 0 Å². The Kier molecular flexibility index (Phi) is 3.22. The maximum Gasteiger partial charge on any atom is 0.138 e. The van der Waals surface area contributed by atoms with Gasteiger partial charge < -0.3 is 10.1 Å². The summed E-state index contributed by atoms with van der Waals surface area (Å²) < 4.78 is 19.1. The molecule has 1 fully saturated rings. The van der Waals surface area contributed by atoms with Crippen molar-refractivity contribution in [3.8, 4) is 0 Å². The van der Waals surface area contributed by atoms with E-state index in [9.17, 15) is 4.39 Å². The summed E-state index contributed by atoms with van der Waals surface area (Å²) in [6, 6.07) is 5.40. The summed E-state index contributed by atoms with van der Waals surface area (Å²) in [5, 5.41) is 3.28. The molecule has 76 valence electrons. The lowest BCUT2D eigenvalue weighted by atomic mass is 10.2. The molecule has 1 aromatic carbocycles. The summed E-state index contributed by atoms with van der Waals surface area (Å²) in [7, 11) is 0. The molecule has 0 aliphatic carbocycles. The minimum atomic E-state index is -0.172. The average molecular weight is 307 g/mol. The predicted molar refractivity (Wildman–Crippen MR) is 62.0 cm³/mol. The Bertz CT molecular complexity index is 326. The highest BCUT2D eigenvalue weighted by molar-refractivity contribution is 14.1. The second-order valence-electron chi connectivity index (χ2n) is 3.31. The Labute approximate surface area is 96.0 Å². The van der Waals surface area contributed by atoms with Crippen molar-refractivity contribution >= 4 is 28.3 Å². The summed E-state index contributed by atoms with van der Waals surface area (Å²) >= 11 is 2.01. The van der Waals surface area contributed by atoms with Crippen molar-refractivity contribution < 1.29 is 9.13 Å². The van der Waals surface area contributed by atoms with Crippen LogP contribution in [0.3, 0.4) is 0 Å². The Morgan fingerprint density at radius 2 is 2.36 bits per heavy atom. The summed E-state index contributed by atoms with van der Waals surface area (Å²) in [6.07, 6.45) is 0.993. The third kappa shape index (κ3) is 2.17. The van der Waals surface area contributed by atoms with Gasteiger partial charge in [-0.05, 0) is 41.1 Å². The van der Waals surface area contributed by atoms with Gasteiger partial charge in [-0.2, -0.15) is 0 Å². The van der Waals surface area contributed by atoms with Gasteiger partial charge >= 0.3 is 0 Å². The number of halogens is 2. The lowest BCUT2D eigenvalue weighted by Gasteiger charge is -2.13. The molecule has 14 heavy (non-hydrogen) atoms. The number of nitrogens with one attached hydrogen (secondary N) is 1. The van der Waals surface area contributed by atoms with Crippen molar-refractivity contribution in [2.45, 2.75) is 12.5 Å². The maximum absolute atomic E-state index is 13.2. The molecule has 1 heterocycles. The van der Waals surface area contributed by atoms with Gasteiger partial charge in [0.15, 0.2) is 0 Å². The van der Waals surface area contributed by atoms with Crippen LogP contribution in [-0.2, 0) is 4.74 Å². The van der Waals surface area contributed by atoms with Gasteiger partial charge in [-0.15, -0.1) is 0 Å². The normalized spacial score (nSPS) is 21.1. The molecule has 0 saturated carbocycles. The van der Waals surface area contributed by atoms with Crippen molar-refractivity contribution in [1.29, 1.82) is 0 Å². The minimum absolute atomic E-state index is 0.172. The van der Waals surface area contributed by atoms with Crippen molar-refractivity contribution in [1.82, 2.24) is 0 Å². The molecule has 1 atom stereocenters. The van der Waals surface area contributed by atoms with Gasteiger partial charge in [0.1, 0.15) is 5.82 Å². The minimum Gasteiger partial charge on any atom is -0.379 e. The first-order chi connectivity index (χ1) is 6.77. The maximum atomic E-state index is 13.2. The molecule has 1 aliphatic heterocycles. The number of benzene rings is 1. The SMILES string of the molecule is Fc1cccc(NC2CCOC2)c1I. The van der Waals surface area contributed by atoms with E-state index in [4.69, 9.17) is 4.74 Å². The van der Waals surface area contributed by atoms with Gasteiger partial charge in [0.25, 0.3) is 0 Å². The second kappa shape index (κ2) is 4.44. The molecule has 1 N–H and O–H groups in total. The molecule has 1 aromatic rings. The van der Waals surface area contributed by atoms with Crippen LogP contribution in [0.25, 0.3) is 0 Å². The third-order valence-corrected chi connectivity index (χ3v) is 3.34. The van der Waals surface area contributed by atoms with E-state index >= 15 is 0 Å². The number of anilines is 1. The first kappa shape index (κ1) is 10.2. The van der Waals surface area contributed by atoms with Gasteiger partial charge in [-0.3, -0.25) is 0 Å². The van der Waals surface area contributed by atoms with Crippen LogP contribution in [-0.4, -0.2) is 19.3 Å². The highest BCUT2D eigenvalue weighted by atomic mass is 127. The van der Waals surface area contributed by atoms with Crippen LogP contribution < -0.4 is 5.32 Å². The molecule has 1 saturated heterocycles. The smallest absolute Gasteiger partial charge is 0.138 e. The zero-order valence-corrected chi connectivity index (χ0v) is 9.75. The molecule has 0 spiro atoms. The van der Waals surface area contributed by atoms with Crippen molar-refractivity contribution in [2.24, 2.45) is 0 Å². The average Bonchev–Trinajstić information content (AvgIpc) is 2.66. The fourth-order valence-electron chi connectivity index (χ4n) is 1.48. The van der Waals surface area contributed by atoms with E-state index in [2.05, 4.69) is 5.32 Å². The van der Waals surface area contributed by atoms with Crippen LogP contribution in [0.5, 0.6) is 0 Å². The Morgan fingerprint density at radius 1 is 1.50 bits per heavy atom. The molecule has 2 nitrogen and oxygen atoms in total. The predicted octanol–water partition coefficient (Wildman–Crippen LogP) is 2.63. The van der Waals surface area contributed by atoms with Crippen molar-refractivity contribution in [2.75, 3.05) is 18.5 Å². The van der Waals surface area contributed by atoms with E-state index in [1.165, 1.54) is 6.07 Å². The molecule has 1 unspecified atom stereocenters. The van der Waals surface area contributed by atoms with Crippen LogP contribution in [0.4, 0.5) is 10.1 Å². The molecule has 4 heteroatoms. The molecule has 0 radical (unpaired) electrons. The van der Waals surface area contributed by atoms with E-state index in [-0.39, 0.29) is 5.82 Å². The molecule has 1 aliphatic rings. The Morgan fingerprint density at radius 3 is 3.07 bits per heavy atom. The molecular formula is C10H11FINO. The lowest BCUT2D eigenvalue weighted by Crippen LogP contribution is -2.19. The topological polar surface area (TPSA) is 21.3 Å². The number of rotatable bonds is 2. The second-order valence-corrected chi connectivity index (χ2v) is 4.38. The van der Waals surface area contributed by atoms with Crippen LogP contribution in [0.1, 0.15) is 6.42 Å². The van der Waals surface area contributed by atoms with Crippen LogP contribution in [0.2, 0.25) is 0 Å². The van der Waals surface area contributed by atoms with E-state index in [0.29, 0.717) is 16.2 Å². The van der Waals surface area contributed by atoms with E-state index in [0.717, 1.165) is 18.7 Å². The van der Waals surface area contributed by atoms with Crippen molar-refractivity contribution in [3.63, 3.8) is 0 Å². The zero-order valence-electron chi connectivity index (χ0n) is 7.59. The van der Waals surface area contributed by atoms with E-state index < -0.39 is 0 Å². The number of hydrogen-bond acceptors (Lipinski definition) is 2. The zero-order chi connectivity index (χ0) is 9.97. The molecule has 0 bridgehead atoms. The van der Waals surface area contributed by atoms with Gasteiger partial charge in [-0.25, -0.2) is 4.39 Å². The molecule has 0 amide bonds. The Hall–Kier alpha value is -0.360. The molecule has 0 aromatic heterocycles. The number of ether oxygens (including phenoxy) is 1. The van der Waals surface area contributed by atoms with E-state index in [1.54, 1.807) is 6.07 Å². The van der Waals surface area contributed by atoms with Crippen LogP contribution in [0, 0.1) is 9.39 Å². The van der Waals surface area contributed by atoms with Crippen LogP contribution >= 0.6 is 22.6 Å². The molecule has 2 rings (SSSR count). The van der Waals surface area contributed by atoms with Gasteiger partial charge in [0, 0.05) is 6.61 Å². The quantitative estimate of drug-likeness (QED) is 0.848. The highest BCUT2D eigenvalue weighted by Crippen LogP contribution is 2.22.